The van der Waals surface area contributed by atoms with Crippen molar-refractivity contribution in [1.82, 2.24) is 15.1 Å². The highest BCUT2D eigenvalue weighted by Gasteiger charge is 2.38. The van der Waals surface area contributed by atoms with Gasteiger partial charge in [0, 0.05) is 25.6 Å². The summed E-state index contributed by atoms with van der Waals surface area (Å²) < 4.78 is 0. The van der Waals surface area contributed by atoms with Crippen molar-refractivity contribution in [1.29, 1.82) is 0 Å². The van der Waals surface area contributed by atoms with E-state index in [-0.39, 0.29) is 0 Å². The lowest BCUT2D eigenvalue weighted by atomic mass is 9.71. The van der Waals surface area contributed by atoms with E-state index in [1.54, 1.807) is 0 Å². The lowest BCUT2D eigenvalue weighted by molar-refractivity contribution is -0.134. The molecule has 0 radical (unpaired) electrons. The van der Waals surface area contributed by atoms with E-state index in [1.165, 1.54) is 58.2 Å². The molecule has 2 heterocycles. The van der Waals surface area contributed by atoms with Crippen molar-refractivity contribution >= 4 is 5.91 Å². The van der Waals surface area contributed by atoms with Gasteiger partial charge in [-0.3, -0.25) is 4.79 Å². The molecule has 0 saturated carbocycles. The summed E-state index contributed by atoms with van der Waals surface area (Å²) in [6, 6.07) is 0.605. The van der Waals surface area contributed by atoms with Gasteiger partial charge in [-0.2, -0.15) is 0 Å². The number of hydrogen-bond donors (Lipinski definition) is 1. The summed E-state index contributed by atoms with van der Waals surface area (Å²) >= 11 is 0. The summed E-state index contributed by atoms with van der Waals surface area (Å²) in [5.41, 5.74) is 0.532. The summed E-state index contributed by atoms with van der Waals surface area (Å²) in [6.07, 6.45) is 8.43. The number of nitrogens with zero attached hydrogens (tertiary/aromatic N) is 2. The van der Waals surface area contributed by atoms with Crippen LogP contribution >= 0.6 is 0 Å². The molecule has 0 aliphatic carbocycles. The molecule has 25 heavy (non-hydrogen) atoms. The fourth-order valence-electron chi connectivity index (χ4n) is 4.31. The fraction of sp³-hybridized carbons (Fsp3) is 0.952. The molecule has 1 N–H and O–H groups in total. The molecule has 4 heteroatoms. The van der Waals surface area contributed by atoms with Crippen molar-refractivity contribution in [3.63, 3.8) is 0 Å². The molecule has 146 valence electrons. The van der Waals surface area contributed by atoms with Crippen LogP contribution in [0.4, 0.5) is 0 Å². The minimum atomic E-state index is 0.372. The Bertz CT molecular complexity index is 390. The Morgan fingerprint density at radius 3 is 2.12 bits per heavy atom. The molecule has 0 aromatic rings. The molecule has 2 saturated heterocycles. The molecule has 4 nitrogen and oxygen atoms in total. The van der Waals surface area contributed by atoms with Gasteiger partial charge in [0.1, 0.15) is 0 Å². The maximum Gasteiger partial charge on any atom is 0.222 e. The highest BCUT2D eigenvalue weighted by molar-refractivity contribution is 5.76. The Morgan fingerprint density at radius 1 is 0.960 bits per heavy atom. The Hall–Kier alpha value is -0.610. The molecule has 0 aromatic carbocycles. The summed E-state index contributed by atoms with van der Waals surface area (Å²) in [7, 11) is 0. The van der Waals surface area contributed by atoms with Crippen LogP contribution in [0.5, 0.6) is 0 Å². The van der Waals surface area contributed by atoms with Crippen molar-refractivity contribution in [2.24, 2.45) is 11.3 Å². The van der Waals surface area contributed by atoms with Gasteiger partial charge in [0.25, 0.3) is 0 Å². The summed E-state index contributed by atoms with van der Waals surface area (Å²) in [5.74, 6) is 0.847. The smallest absolute Gasteiger partial charge is 0.222 e. The normalized spacial score (nSPS) is 21.4. The first-order chi connectivity index (χ1) is 11.9. The number of unbranched alkanes of at least 4 members (excludes halogenated alkanes) is 1. The van der Waals surface area contributed by atoms with Gasteiger partial charge in [-0.1, -0.05) is 27.7 Å². The van der Waals surface area contributed by atoms with Gasteiger partial charge < -0.3 is 15.1 Å². The third-order valence-electron chi connectivity index (χ3n) is 6.13. The monoisotopic (exact) mass is 351 g/mol. The van der Waals surface area contributed by atoms with Crippen LogP contribution in [-0.2, 0) is 4.79 Å². The molecule has 2 rings (SSSR count). The lowest BCUT2D eigenvalue weighted by Crippen LogP contribution is -2.48. The highest BCUT2D eigenvalue weighted by Crippen LogP contribution is 2.41. The molecule has 0 unspecified atom stereocenters. The minimum Gasteiger partial charge on any atom is -0.343 e. The predicted molar refractivity (Wildman–Crippen MR) is 106 cm³/mol. The van der Waals surface area contributed by atoms with Gasteiger partial charge >= 0.3 is 0 Å². The number of likely N-dealkylation sites (tertiary alicyclic amines) is 2. The quantitative estimate of drug-likeness (QED) is 0.680. The lowest BCUT2D eigenvalue weighted by Gasteiger charge is -2.47. The first-order valence-electron chi connectivity index (χ1n) is 10.6. The standard InChI is InChI=1S/C21H41N3O/c1-18(2)17-20(25)24-15-9-21(10-16-24)7-13-23(14-8-21)12-6-5-11-22-19(3)4/h18-19,22H,5-17H2,1-4H3. The first-order valence-corrected chi connectivity index (χ1v) is 10.6. The van der Waals surface area contributed by atoms with Crippen molar-refractivity contribution in [3.05, 3.63) is 0 Å². The number of rotatable bonds is 8. The summed E-state index contributed by atoms with van der Waals surface area (Å²) in [5, 5.41) is 3.50. The van der Waals surface area contributed by atoms with Gasteiger partial charge in [-0.25, -0.2) is 0 Å². The molecule has 1 amide bonds. The molecule has 0 atom stereocenters. The van der Waals surface area contributed by atoms with Crippen LogP contribution in [0.3, 0.4) is 0 Å². The first kappa shape index (κ1) is 20.7. The number of amides is 1. The molecule has 0 aromatic heterocycles. The zero-order chi connectivity index (χ0) is 18.3. The molecule has 1 spiro atoms. The topological polar surface area (TPSA) is 35.6 Å². The molecular weight excluding hydrogens is 310 g/mol. The Balaban J connectivity index is 1.62. The van der Waals surface area contributed by atoms with Crippen LogP contribution in [0.2, 0.25) is 0 Å². The second kappa shape index (κ2) is 9.91. The van der Waals surface area contributed by atoms with E-state index in [4.69, 9.17) is 0 Å². The van der Waals surface area contributed by atoms with Crippen LogP contribution in [0.25, 0.3) is 0 Å². The number of carbonyl (C=O) groups excluding carboxylic acids is 1. The van der Waals surface area contributed by atoms with Crippen LogP contribution in [-0.4, -0.2) is 61.0 Å². The van der Waals surface area contributed by atoms with Crippen LogP contribution in [0.15, 0.2) is 0 Å². The van der Waals surface area contributed by atoms with Crippen molar-refractivity contribution in [2.45, 2.75) is 78.7 Å². The minimum absolute atomic E-state index is 0.372. The van der Waals surface area contributed by atoms with E-state index >= 15 is 0 Å². The van der Waals surface area contributed by atoms with E-state index in [0.29, 0.717) is 29.7 Å². The highest BCUT2D eigenvalue weighted by atomic mass is 16.2. The number of nitrogens with one attached hydrogen (secondary N) is 1. The van der Waals surface area contributed by atoms with Gasteiger partial charge in [0.2, 0.25) is 5.91 Å². The summed E-state index contributed by atoms with van der Waals surface area (Å²) in [4.78, 5) is 17.0. The van der Waals surface area contributed by atoms with Crippen LogP contribution in [0.1, 0.15) is 72.6 Å². The van der Waals surface area contributed by atoms with Gasteiger partial charge in [-0.05, 0) is 76.0 Å². The largest absolute Gasteiger partial charge is 0.343 e. The Labute approximate surface area is 155 Å². The Kier molecular flexibility index (Phi) is 8.21. The van der Waals surface area contributed by atoms with Gasteiger partial charge in [0.15, 0.2) is 0 Å². The zero-order valence-electron chi connectivity index (χ0n) is 17.1. The number of hydrogen-bond acceptors (Lipinski definition) is 3. The molecule has 2 aliphatic heterocycles. The van der Waals surface area contributed by atoms with E-state index in [1.807, 2.05) is 0 Å². The molecule has 0 bridgehead atoms. The van der Waals surface area contributed by atoms with Crippen molar-refractivity contribution in [3.8, 4) is 0 Å². The van der Waals surface area contributed by atoms with Gasteiger partial charge in [0.05, 0.1) is 0 Å². The fourth-order valence-corrected chi connectivity index (χ4v) is 4.31. The van der Waals surface area contributed by atoms with E-state index in [9.17, 15) is 4.79 Å². The molecular formula is C21H41N3O. The number of carbonyl (C=O) groups is 1. The SMILES string of the molecule is CC(C)CC(=O)N1CCC2(CCN(CCCCNC(C)C)CC2)CC1. The van der Waals surface area contributed by atoms with E-state index < -0.39 is 0 Å². The zero-order valence-corrected chi connectivity index (χ0v) is 17.1. The Morgan fingerprint density at radius 2 is 1.56 bits per heavy atom. The average Bonchev–Trinajstić information content (AvgIpc) is 2.56. The van der Waals surface area contributed by atoms with E-state index in [0.717, 1.165) is 19.6 Å². The number of piperidine rings is 2. The van der Waals surface area contributed by atoms with Gasteiger partial charge in [-0.15, -0.1) is 0 Å². The second-order valence-electron chi connectivity index (χ2n) is 9.14. The van der Waals surface area contributed by atoms with Crippen LogP contribution in [0, 0.1) is 11.3 Å². The van der Waals surface area contributed by atoms with E-state index in [2.05, 4.69) is 42.8 Å². The maximum atomic E-state index is 12.3. The third kappa shape index (κ3) is 6.90. The maximum absolute atomic E-state index is 12.3. The summed E-state index contributed by atoms with van der Waals surface area (Å²) in [6.45, 7) is 15.6. The van der Waals surface area contributed by atoms with Crippen molar-refractivity contribution in [2.75, 3.05) is 39.3 Å². The molecule has 2 fully saturated rings. The van der Waals surface area contributed by atoms with Crippen LogP contribution < -0.4 is 5.32 Å². The predicted octanol–water partition coefficient (Wildman–Crippen LogP) is 3.52. The van der Waals surface area contributed by atoms with Crippen molar-refractivity contribution < 1.29 is 4.79 Å². The average molecular weight is 352 g/mol. The second-order valence-corrected chi connectivity index (χ2v) is 9.14. The molecule has 2 aliphatic rings. The third-order valence-corrected chi connectivity index (χ3v) is 6.13.